The van der Waals surface area contributed by atoms with Gasteiger partial charge in [0, 0.05) is 5.56 Å². The summed E-state index contributed by atoms with van der Waals surface area (Å²) in [5.41, 5.74) is 0.829. The van der Waals surface area contributed by atoms with E-state index in [1.54, 1.807) is 36.4 Å². The van der Waals surface area contributed by atoms with Crippen LogP contribution in [0.1, 0.15) is 26.3 Å². The molecule has 1 aliphatic rings. The Balaban J connectivity index is 1.93. The first-order valence-electron chi connectivity index (χ1n) is 5.95. The Kier molecular flexibility index (Phi) is 2.87. The van der Waals surface area contributed by atoms with Gasteiger partial charge in [0.1, 0.15) is 5.82 Å². The van der Waals surface area contributed by atoms with Crippen molar-refractivity contribution in [1.82, 2.24) is 5.01 Å². The summed E-state index contributed by atoms with van der Waals surface area (Å²) in [5.74, 6) is -1.47. The first-order chi connectivity index (χ1) is 9.68. The summed E-state index contributed by atoms with van der Waals surface area (Å²) in [7, 11) is 0. The van der Waals surface area contributed by atoms with Gasteiger partial charge in [0.2, 0.25) is 0 Å². The van der Waals surface area contributed by atoms with E-state index >= 15 is 0 Å². The van der Waals surface area contributed by atoms with Crippen LogP contribution in [0.2, 0.25) is 0 Å². The maximum Gasteiger partial charge on any atom is 0.282 e. The molecule has 0 bridgehead atoms. The Bertz CT molecular complexity index is 705. The third kappa shape index (κ3) is 1.89. The normalized spacial score (nSPS) is 14.2. The second kappa shape index (κ2) is 4.70. The molecule has 0 radical (unpaired) electrons. The molecular formula is C15H9FN2O2. The molecule has 2 aromatic carbocycles. The molecule has 2 amide bonds. The number of imide groups is 1. The maximum absolute atomic E-state index is 13.4. The number of hydrogen-bond acceptors (Lipinski definition) is 3. The van der Waals surface area contributed by atoms with Gasteiger partial charge < -0.3 is 0 Å². The Morgan fingerprint density at radius 1 is 0.900 bits per heavy atom. The lowest BCUT2D eigenvalue weighted by atomic mass is 10.1. The predicted molar refractivity (Wildman–Crippen MR) is 70.9 cm³/mol. The molecule has 4 nitrogen and oxygen atoms in total. The number of hydrogen-bond donors (Lipinski definition) is 0. The van der Waals surface area contributed by atoms with Gasteiger partial charge in [-0.25, -0.2) is 4.39 Å². The van der Waals surface area contributed by atoms with Gasteiger partial charge in [0.25, 0.3) is 11.8 Å². The number of benzene rings is 2. The molecule has 98 valence electrons. The van der Waals surface area contributed by atoms with Crippen LogP contribution < -0.4 is 0 Å². The molecule has 0 atom stereocenters. The van der Waals surface area contributed by atoms with Crippen LogP contribution in [0.15, 0.2) is 53.6 Å². The van der Waals surface area contributed by atoms with Crippen molar-refractivity contribution in [3.8, 4) is 0 Å². The summed E-state index contributed by atoms with van der Waals surface area (Å²) in [6.45, 7) is 0. The monoisotopic (exact) mass is 268 g/mol. The molecule has 0 unspecified atom stereocenters. The Morgan fingerprint density at radius 3 is 2.05 bits per heavy atom. The zero-order valence-electron chi connectivity index (χ0n) is 10.3. The lowest BCUT2D eigenvalue weighted by Gasteiger charge is -2.05. The van der Waals surface area contributed by atoms with Gasteiger partial charge in [-0.3, -0.25) is 9.59 Å². The molecule has 0 aromatic heterocycles. The Labute approximate surface area is 114 Å². The largest absolute Gasteiger partial charge is 0.282 e. The molecule has 0 saturated carbocycles. The van der Waals surface area contributed by atoms with Gasteiger partial charge in [-0.2, -0.15) is 10.1 Å². The fraction of sp³-hybridized carbons (Fsp3) is 0. The fourth-order valence-corrected chi connectivity index (χ4v) is 1.98. The third-order valence-corrected chi connectivity index (χ3v) is 2.99. The molecular weight excluding hydrogens is 259 g/mol. The number of nitrogens with zero attached hydrogens (tertiary/aromatic N) is 2. The van der Waals surface area contributed by atoms with Gasteiger partial charge in [-0.15, -0.1) is 0 Å². The minimum absolute atomic E-state index is 0.212. The molecule has 1 heterocycles. The standard InChI is InChI=1S/C15H9FN2O2/c16-13-8-4-1-5-10(13)9-17-18-14(19)11-6-2-3-7-12(11)15(18)20/h1-9H/b17-9-. The Hall–Kier alpha value is -2.82. The second-order valence-corrected chi connectivity index (χ2v) is 4.23. The number of hydrazone groups is 1. The van der Waals surface area contributed by atoms with Crippen molar-refractivity contribution < 1.29 is 14.0 Å². The van der Waals surface area contributed by atoms with Gasteiger partial charge >= 0.3 is 0 Å². The SMILES string of the molecule is O=C1c2ccccc2C(=O)N1/N=C\c1ccccc1F. The van der Waals surface area contributed by atoms with Gasteiger partial charge in [0.15, 0.2) is 0 Å². The van der Waals surface area contributed by atoms with E-state index in [9.17, 15) is 14.0 Å². The minimum atomic E-state index is -0.502. The predicted octanol–water partition coefficient (Wildman–Crippen LogP) is 2.46. The molecule has 2 aromatic rings. The molecule has 0 fully saturated rings. The molecule has 1 aliphatic heterocycles. The molecule has 5 heteroatoms. The highest BCUT2D eigenvalue weighted by atomic mass is 19.1. The lowest BCUT2D eigenvalue weighted by molar-refractivity contribution is 0.0660. The van der Waals surface area contributed by atoms with Crippen LogP contribution in [0, 0.1) is 5.82 Å². The van der Waals surface area contributed by atoms with Gasteiger partial charge in [-0.1, -0.05) is 30.3 Å². The summed E-state index contributed by atoms with van der Waals surface area (Å²) >= 11 is 0. The van der Waals surface area contributed by atoms with Crippen molar-refractivity contribution in [3.05, 3.63) is 71.0 Å². The second-order valence-electron chi connectivity index (χ2n) is 4.23. The summed E-state index contributed by atoms with van der Waals surface area (Å²) in [6.07, 6.45) is 1.16. The summed E-state index contributed by atoms with van der Waals surface area (Å²) in [4.78, 5) is 24.0. The van der Waals surface area contributed by atoms with E-state index < -0.39 is 17.6 Å². The van der Waals surface area contributed by atoms with E-state index in [1.807, 2.05) is 0 Å². The number of carbonyl (C=O) groups is 2. The van der Waals surface area contributed by atoms with E-state index in [1.165, 1.54) is 12.1 Å². The maximum atomic E-state index is 13.4. The van der Waals surface area contributed by atoms with Crippen LogP contribution in [-0.2, 0) is 0 Å². The molecule has 0 N–H and O–H groups in total. The van der Waals surface area contributed by atoms with E-state index in [0.717, 1.165) is 11.2 Å². The van der Waals surface area contributed by atoms with Crippen LogP contribution in [-0.4, -0.2) is 23.0 Å². The summed E-state index contributed by atoms with van der Waals surface area (Å²) in [6, 6.07) is 12.5. The van der Waals surface area contributed by atoms with Crippen LogP contribution in [0.3, 0.4) is 0 Å². The third-order valence-electron chi connectivity index (χ3n) is 2.99. The van der Waals surface area contributed by atoms with Crippen molar-refractivity contribution in [2.75, 3.05) is 0 Å². The van der Waals surface area contributed by atoms with Crippen molar-refractivity contribution in [2.45, 2.75) is 0 Å². The van der Waals surface area contributed by atoms with E-state index in [-0.39, 0.29) is 5.56 Å². The smallest absolute Gasteiger partial charge is 0.267 e. The zero-order valence-corrected chi connectivity index (χ0v) is 10.3. The molecule has 0 aliphatic carbocycles. The number of fused-ring (bicyclic) bond motifs is 1. The van der Waals surface area contributed by atoms with Gasteiger partial charge in [0.05, 0.1) is 17.3 Å². The topological polar surface area (TPSA) is 49.7 Å². The van der Waals surface area contributed by atoms with E-state index in [2.05, 4.69) is 5.10 Å². The van der Waals surface area contributed by atoms with Crippen molar-refractivity contribution in [1.29, 1.82) is 0 Å². The first-order valence-corrected chi connectivity index (χ1v) is 5.95. The Morgan fingerprint density at radius 2 is 1.45 bits per heavy atom. The average Bonchev–Trinajstić information content (AvgIpc) is 2.71. The lowest BCUT2D eigenvalue weighted by Crippen LogP contribution is -2.24. The number of amides is 2. The van der Waals surface area contributed by atoms with Crippen molar-refractivity contribution >= 4 is 18.0 Å². The van der Waals surface area contributed by atoms with Crippen LogP contribution >= 0.6 is 0 Å². The van der Waals surface area contributed by atoms with E-state index in [4.69, 9.17) is 0 Å². The van der Waals surface area contributed by atoms with Crippen LogP contribution in [0.4, 0.5) is 4.39 Å². The van der Waals surface area contributed by atoms with E-state index in [0.29, 0.717) is 11.1 Å². The quantitative estimate of drug-likeness (QED) is 0.620. The average molecular weight is 268 g/mol. The number of carbonyl (C=O) groups excluding carboxylic acids is 2. The van der Waals surface area contributed by atoms with Crippen molar-refractivity contribution in [2.24, 2.45) is 5.10 Å². The molecule has 20 heavy (non-hydrogen) atoms. The molecule has 0 saturated heterocycles. The molecule has 0 spiro atoms. The first kappa shape index (κ1) is 12.2. The summed E-state index contributed by atoms with van der Waals surface area (Å²) < 4.78 is 13.4. The zero-order chi connectivity index (χ0) is 14.1. The fourth-order valence-electron chi connectivity index (χ4n) is 1.98. The summed E-state index contributed by atoms with van der Waals surface area (Å²) in [5, 5.41) is 4.55. The van der Waals surface area contributed by atoms with Crippen LogP contribution in [0.25, 0.3) is 0 Å². The highest BCUT2D eigenvalue weighted by Crippen LogP contribution is 2.22. The highest BCUT2D eigenvalue weighted by molar-refractivity contribution is 6.21. The van der Waals surface area contributed by atoms with Crippen molar-refractivity contribution in [3.63, 3.8) is 0 Å². The highest BCUT2D eigenvalue weighted by Gasteiger charge is 2.35. The molecule has 3 rings (SSSR count). The number of halogens is 1. The number of rotatable bonds is 2. The van der Waals surface area contributed by atoms with Gasteiger partial charge in [-0.05, 0) is 18.2 Å². The van der Waals surface area contributed by atoms with Crippen LogP contribution in [0.5, 0.6) is 0 Å². The minimum Gasteiger partial charge on any atom is -0.267 e.